The summed E-state index contributed by atoms with van der Waals surface area (Å²) in [5, 5.41) is 0.855. The minimum Gasteiger partial charge on any atom is -0.464 e. The van der Waals surface area contributed by atoms with Crippen LogP contribution in [-0.4, -0.2) is 47.8 Å². The molecule has 5 rings (SSSR count). The van der Waals surface area contributed by atoms with Gasteiger partial charge in [-0.05, 0) is 49.6 Å². The molecule has 2 aliphatic rings. The molecule has 0 saturated carbocycles. The topological polar surface area (TPSA) is 53.8 Å². The molecule has 1 unspecified atom stereocenters. The number of rotatable bonds is 2. The van der Waals surface area contributed by atoms with Crippen LogP contribution in [0.4, 0.5) is 13.2 Å². The summed E-state index contributed by atoms with van der Waals surface area (Å²) in [4.78, 5) is 29.2. The highest BCUT2D eigenvalue weighted by Gasteiger charge is 2.44. The van der Waals surface area contributed by atoms with E-state index in [-0.39, 0.29) is 11.3 Å². The highest BCUT2D eigenvalue weighted by Crippen LogP contribution is 2.40. The summed E-state index contributed by atoms with van der Waals surface area (Å²) < 4.78 is 46.2. The van der Waals surface area contributed by atoms with Gasteiger partial charge in [-0.25, -0.2) is 13.2 Å². The molecule has 166 valence electrons. The molecule has 2 aromatic carbocycles. The van der Waals surface area contributed by atoms with Crippen molar-refractivity contribution in [3.05, 3.63) is 71.2 Å². The maximum absolute atomic E-state index is 14.1. The standard InChI is InChI=1S/C24H21F3N2O3/c25-18-12-20(27)19(26)11-17(18)23(31)29-8-6-24(14-29)5-1-7-28(13-24)22(30)16-2-3-21-15(10-16)4-9-32-21/h2-4,9-12H,1,5-8,13-14H2. The Bertz CT molecular complexity index is 1220. The van der Waals surface area contributed by atoms with E-state index in [9.17, 15) is 22.8 Å². The van der Waals surface area contributed by atoms with Gasteiger partial charge in [-0.2, -0.15) is 0 Å². The summed E-state index contributed by atoms with van der Waals surface area (Å²) >= 11 is 0. The van der Waals surface area contributed by atoms with Crippen LogP contribution < -0.4 is 0 Å². The van der Waals surface area contributed by atoms with Crippen molar-refractivity contribution in [3.63, 3.8) is 0 Å². The van der Waals surface area contributed by atoms with Crippen molar-refractivity contribution >= 4 is 22.8 Å². The molecule has 5 nitrogen and oxygen atoms in total. The molecular weight excluding hydrogens is 421 g/mol. The van der Waals surface area contributed by atoms with Gasteiger partial charge in [0.25, 0.3) is 11.8 Å². The molecule has 8 heteroatoms. The van der Waals surface area contributed by atoms with Gasteiger partial charge in [0.2, 0.25) is 0 Å². The van der Waals surface area contributed by atoms with Crippen molar-refractivity contribution in [1.29, 1.82) is 0 Å². The van der Waals surface area contributed by atoms with Crippen LogP contribution in [0.25, 0.3) is 11.0 Å². The van der Waals surface area contributed by atoms with E-state index < -0.39 is 28.9 Å². The lowest BCUT2D eigenvalue weighted by atomic mass is 9.79. The number of halogens is 3. The molecular formula is C24H21F3N2O3. The molecule has 3 heterocycles. The molecule has 32 heavy (non-hydrogen) atoms. The summed E-state index contributed by atoms with van der Waals surface area (Å²) in [6, 6.07) is 8.13. The van der Waals surface area contributed by atoms with Crippen LogP contribution in [0.3, 0.4) is 0 Å². The maximum atomic E-state index is 14.1. The number of benzene rings is 2. The highest BCUT2D eigenvalue weighted by atomic mass is 19.2. The average molecular weight is 442 g/mol. The van der Waals surface area contributed by atoms with E-state index in [1.54, 1.807) is 29.4 Å². The fourth-order valence-corrected chi connectivity index (χ4v) is 4.96. The molecule has 0 N–H and O–H groups in total. The quantitative estimate of drug-likeness (QED) is 0.545. The van der Waals surface area contributed by atoms with Gasteiger partial charge in [0.1, 0.15) is 11.4 Å². The molecule has 0 aliphatic carbocycles. The smallest absolute Gasteiger partial charge is 0.256 e. The van der Waals surface area contributed by atoms with Crippen LogP contribution >= 0.6 is 0 Å². The normalized spacial score (nSPS) is 21.0. The van der Waals surface area contributed by atoms with E-state index in [0.29, 0.717) is 55.9 Å². The predicted molar refractivity (Wildman–Crippen MR) is 111 cm³/mol. The number of furan rings is 1. The summed E-state index contributed by atoms with van der Waals surface area (Å²) in [6.07, 6.45) is 3.87. The largest absolute Gasteiger partial charge is 0.464 e. The molecule has 2 aliphatic heterocycles. The van der Waals surface area contributed by atoms with Gasteiger partial charge in [0, 0.05) is 48.6 Å². The Morgan fingerprint density at radius 3 is 2.41 bits per heavy atom. The number of likely N-dealkylation sites (tertiary alicyclic amines) is 2. The molecule has 1 atom stereocenters. The second-order valence-corrected chi connectivity index (χ2v) is 8.73. The zero-order chi connectivity index (χ0) is 22.5. The molecule has 2 fully saturated rings. The molecule has 0 radical (unpaired) electrons. The van der Waals surface area contributed by atoms with Gasteiger partial charge in [0.05, 0.1) is 11.8 Å². The van der Waals surface area contributed by atoms with Gasteiger partial charge < -0.3 is 14.2 Å². The van der Waals surface area contributed by atoms with Crippen LogP contribution in [0.2, 0.25) is 0 Å². The lowest BCUT2D eigenvalue weighted by molar-refractivity contribution is 0.0515. The van der Waals surface area contributed by atoms with Crippen molar-refractivity contribution in [3.8, 4) is 0 Å². The van der Waals surface area contributed by atoms with Crippen molar-refractivity contribution in [2.75, 3.05) is 26.2 Å². The molecule has 1 aromatic heterocycles. The zero-order valence-corrected chi connectivity index (χ0v) is 17.2. The summed E-state index contributed by atoms with van der Waals surface area (Å²) in [6.45, 7) is 1.82. The van der Waals surface area contributed by atoms with Crippen molar-refractivity contribution in [2.45, 2.75) is 19.3 Å². The Hall–Kier alpha value is -3.29. The van der Waals surface area contributed by atoms with Crippen LogP contribution in [-0.2, 0) is 0 Å². The SMILES string of the molecule is O=C(c1ccc2occc2c1)N1CCCC2(CCN(C(=O)c3cc(F)c(F)cc3F)C2)C1. The minimum atomic E-state index is -1.33. The Kier molecular flexibility index (Phi) is 4.95. The average Bonchev–Trinajstić information content (AvgIpc) is 3.42. The van der Waals surface area contributed by atoms with E-state index in [0.717, 1.165) is 18.2 Å². The lowest BCUT2D eigenvalue weighted by Crippen LogP contribution is -2.47. The van der Waals surface area contributed by atoms with Crippen molar-refractivity contribution < 1.29 is 27.2 Å². The second-order valence-electron chi connectivity index (χ2n) is 8.73. The third-order valence-electron chi connectivity index (χ3n) is 6.61. The summed E-state index contributed by atoms with van der Waals surface area (Å²) in [5.41, 5.74) is 0.521. The van der Waals surface area contributed by atoms with Gasteiger partial charge in [-0.3, -0.25) is 9.59 Å². The Balaban J connectivity index is 1.32. The zero-order valence-electron chi connectivity index (χ0n) is 17.2. The summed E-state index contributed by atoms with van der Waals surface area (Å²) in [7, 11) is 0. The predicted octanol–water partition coefficient (Wildman–Crippen LogP) is 4.62. The Labute approximate surface area is 182 Å². The maximum Gasteiger partial charge on any atom is 0.256 e. The third-order valence-corrected chi connectivity index (χ3v) is 6.61. The minimum absolute atomic E-state index is 0.0800. The molecule has 2 amide bonds. The van der Waals surface area contributed by atoms with Crippen LogP contribution in [0, 0.1) is 22.9 Å². The Morgan fingerprint density at radius 2 is 1.59 bits per heavy atom. The van der Waals surface area contributed by atoms with Crippen LogP contribution in [0.15, 0.2) is 47.1 Å². The van der Waals surface area contributed by atoms with Gasteiger partial charge in [-0.15, -0.1) is 0 Å². The lowest BCUT2D eigenvalue weighted by Gasteiger charge is -2.40. The molecule has 2 saturated heterocycles. The first-order valence-corrected chi connectivity index (χ1v) is 10.6. The first-order valence-electron chi connectivity index (χ1n) is 10.6. The number of nitrogens with zero attached hydrogens (tertiary/aromatic N) is 2. The summed E-state index contributed by atoms with van der Waals surface area (Å²) in [5.74, 6) is -4.40. The van der Waals surface area contributed by atoms with Gasteiger partial charge in [0.15, 0.2) is 11.6 Å². The highest BCUT2D eigenvalue weighted by molar-refractivity contribution is 5.98. The van der Waals surface area contributed by atoms with E-state index in [2.05, 4.69) is 0 Å². The number of hydrogen-bond acceptors (Lipinski definition) is 3. The number of carbonyl (C=O) groups is 2. The first-order chi connectivity index (χ1) is 15.3. The van der Waals surface area contributed by atoms with Crippen molar-refractivity contribution in [1.82, 2.24) is 9.80 Å². The number of carbonyl (C=O) groups excluding carboxylic acids is 2. The van der Waals surface area contributed by atoms with Crippen molar-refractivity contribution in [2.24, 2.45) is 5.41 Å². The molecule has 3 aromatic rings. The molecule has 1 spiro atoms. The first kappa shape index (κ1) is 20.6. The fourth-order valence-electron chi connectivity index (χ4n) is 4.96. The molecule has 0 bridgehead atoms. The monoisotopic (exact) mass is 442 g/mol. The van der Waals surface area contributed by atoms with E-state index >= 15 is 0 Å². The van der Waals surface area contributed by atoms with Gasteiger partial charge in [-0.1, -0.05) is 0 Å². The van der Waals surface area contributed by atoms with E-state index in [1.165, 1.54) is 4.90 Å². The number of fused-ring (bicyclic) bond motifs is 1. The number of piperidine rings is 1. The third kappa shape index (κ3) is 3.53. The van der Waals surface area contributed by atoms with Gasteiger partial charge >= 0.3 is 0 Å². The Morgan fingerprint density at radius 1 is 0.844 bits per heavy atom. The second kappa shape index (κ2) is 7.69. The van der Waals surface area contributed by atoms with E-state index in [4.69, 9.17) is 4.42 Å². The van der Waals surface area contributed by atoms with Crippen LogP contribution in [0.5, 0.6) is 0 Å². The number of amides is 2. The number of hydrogen-bond donors (Lipinski definition) is 0. The van der Waals surface area contributed by atoms with E-state index in [1.807, 2.05) is 6.07 Å². The fraction of sp³-hybridized carbons (Fsp3) is 0.333. The van der Waals surface area contributed by atoms with Crippen LogP contribution in [0.1, 0.15) is 40.0 Å².